The Labute approximate surface area is 101 Å². The van der Waals surface area contributed by atoms with Gasteiger partial charge in [0.25, 0.3) is 0 Å². The molecule has 0 amide bonds. The molecule has 0 bridgehead atoms. The van der Waals surface area contributed by atoms with Crippen LogP contribution in [0.4, 0.5) is 13.2 Å². The molecule has 96 valence electrons. The van der Waals surface area contributed by atoms with E-state index in [2.05, 4.69) is 9.97 Å². The Morgan fingerprint density at radius 1 is 1.33 bits per heavy atom. The molecule has 0 saturated carbocycles. The summed E-state index contributed by atoms with van der Waals surface area (Å²) in [6.07, 6.45) is -4.37. The summed E-state index contributed by atoms with van der Waals surface area (Å²) in [6, 6.07) is 4.95. The molecule has 2 N–H and O–H groups in total. The molecule has 0 atom stereocenters. The molecule has 0 spiro atoms. The van der Waals surface area contributed by atoms with Crippen LogP contribution in [0.1, 0.15) is 17.1 Å². The first-order valence-electron chi connectivity index (χ1n) is 5.26. The first-order chi connectivity index (χ1) is 8.41. The second kappa shape index (κ2) is 4.45. The smallest absolute Gasteiger partial charge is 0.388 e. The van der Waals surface area contributed by atoms with Gasteiger partial charge in [0.15, 0.2) is 0 Å². The molecule has 0 saturated heterocycles. The lowest BCUT2D eigenvalue weighted by molar-refractivity contribution is -0.137. The van der Waals surface area contributed by atoms with Gasteiger partial charge in [-0.15, -0.1) is 0 Å². The van der Waals surface area contributed by atoms with Crippen LogP contribution in [0, 0.1) is 6.92 Å². The third-order valence-electron chi connectivity index (χ3n) is 2.55. The normalized spacial score (nSPS) is 11.8. The van der Waals surface area contributed by atoms with Gasteiger partial charge in [0, 0.05) is 11.3 Å². The van der Waals surface area contributed by atoms with Gasteiger partial charge >= 0.3 is 6.18 Å². The quantitative estimate of drug-likeness (QED) is 0.868. The highest BCUT2D eigenvalue weighted by atomic mass is 19.4. The molecule has 1 aromatic carbocycles. The zero-order chi connectivity index (χ0) is 13.3. The molecule has 6 heteroatoms. The second-order valence-corrected chi connectivity index (χ2v) is 3.89. The Kier molecular flexibility index (Phi) is 3.13. The lowest BCUT2D eigenvalue weighted by Gasteiger charge is -2.07. The van der Waals surface area contributed by atoms with Crippen LogP contribution < -0.4 is 0 Å². The van der Waals surface area contributed by atoms with E-state index in [0.717, 1.165) is 12.1 Å². The van der Waals surface area contributed by atoms with Gasteiger partial charge in [-0.2, -0.15) is 13.2 Å². The van der Waals surface area contributed by atoms with Crippen molar-refractivity contribution in [3.8, 4) is 11.3 Å². The fourth-order valence-corrected chi connectivity index (χ4v) is 1.72. The van der Waals surface area contributed by atoms with E-state index in [1.807, 2.05) is 0 Å². The number of aryl methyl sites for hydroxylation is 1. The molecule has 0 radical (unpaired) electrons. The highest BCUT2D eigenvalue weighted by Crippen LogP contribution is 2.32. The summed E-state index contributed by atoms with van der Waals surface area (Å²) in [5.74, 6) is 0.333. The van der Waals surface area contributed by atoms with Crippen molar-refractivity contribution in [3.05, 3.63) is 41.3 Å². The van der Waals surface area contributed by atoms with E-state index in [9.17, 15) is 13.2 Å². The molecular weight excluding hydrogens is 245 g/mol. The number of H-pyrrole nitrogens is 1. The SMILES string of the molecule is Cc1[nH]c(CO)nc1-c1cccc(C(F)(F)F)c1. The zero-order valence-corrected chi connectivity index (χ0v) is 9.54. The Morgan fingerprint density at radius 3 is 2.61 bits per heavy atom. The van der Waals surface area contributed by atoms with Crippen LogP contribution in [0.15, 0.2) is 24.3 Å². The number of hydrogen-bond acceptors (Lipinski definition) is 2. The average Bonchev–Trinajstić information content (AvgIpc) is 2.70. The summed E-state index contributed by atoms with van der Waals surface area (Å²) in [5, 5.41) is 8.93. The molecule has 1 heterocycles. The number of rotatable bonds is 2. The van der Waals surface area contributed by atoms with Crippen LogP contribution in [0.3, 0.4) is 0 Å². The zero-order valence-electron chi connectivity index (χ0n) is 9.54. The topological polar surface area (TPSA) is 48.9 Å². The van der Waals surface area contributed by atoms with Crippen molar-refractivity contribution in [1.29, 1.82) is 0 Å². The molecule has 0 aliphatic heterocycles. The van der Waals surface area contributed by atoms with Gasteiger partial charge in [-0.3, -0.25) is 0 Å². The number of nitrogens with one attached hydrogen (secondary N) is 1. The maximum atomic E-state index is 12.6. The summed E-state index contributed by atoms with van der Waals surface area (Å²) >= 11 is 0. The minimum atomic E-state index is -4.37. The molecule has 0 unspecified atom stereocenters. The Bertz CT molecular complexity index is 561. The Hall–Kier alpha value is -1.82. The third kappa shape index (κ3) is 2.38. The first kappa shape index (κ1) is 12.6. The number of aromatic amines is 1. The summed E-state index contributed by atoms with van der Waals surface area (Å²) < 4.78 is 37.8. The third-order valence-corrected chi connectivity index (χ3v) is 2.55. The molecule has 0 aliphatic rings. The highest BCUT2D eigenvalue weighted by molar-refractivity contribution is 5.63. The number of alkyl halides is 3. The number of aromatic nitrogens is 2. The maximum Gasteiger partial charge on any atom is 0.416 e. The standard InChI is InChI=1S/C12H11F3N2O/c1-7-11(17-10(6-18)16-7)8-3-2-4-9(5-8)12(13,14)15/h2-5,18H,6H2,1H3,(H,16,17). The maximum absolute atomic E-state index is 12.6. The van der Waals surface area contributed by atoms with Gasteiger partial charge in [0.05, 0.1) is 11.3 Å². The van der Waals surface area contributed by atoms with E-state index >= 15 is 0 Å². The van der Waals surface area contributed by atoms with Gasteiger partial charge in [-0.1, -0.05) is 12.1 Å². The van der Waals surface area contributed by atoms with Crippen LogP contribution in [0.5, 0.6) is 0 Å². The fourth-order valence-electron chi connectivity index (χ4n) is 1.72. The Balaban J connectivity index is 2.47. The minimum Gasteiger partial charge on any atom is -0.388 e. The number of halogens is 3. The second-order valence-electron chi connectivity index (χ2n) is 3.89. The van der Waals surface area contributed by atoms with E-state index in [1.54, 1.807) is 13.0 Å². The average molecular weight is 256 g/mol. The van der Waals surface area contributed by atoms with Crippen molar-refractivity contribution < 1.29 is 18.3 Å². The molecular formula is C12H11F3N2O. The molecule has 0 fully saturated rings. The van der Waals surface area contributed by atoms with Crippen LogP contribution in [-0.4, -0.2) is 15.1 Å². The Morgan fingerprint density at radius 2 is 2.06 bits per heavy atom. The summed E-state index contributed by atoms with van der Waals surface area (Å²) in [4.78, 5) is 6.86. The van der Waals surface area contributed by atoms with Gasteiger partial charge in [0.2, 0.25) is 0 Å². The van der Waals surface area contributed by atoms with Gasteiger partial charge < -0.3 is 10.1 Å². The first-order valence-corrected chi connectivity index (χ1v) is 5.26. The van der Waals surface area contributed by atoms with E-state index in [1.165, 1.54) is 6.07 Å². The molecule has 18 heavy (non-hydrogen) atoms. The number of nitrogens with zero attached hydrogens (tertiary/aromatic N) is 1. The highest BCUT2D eigenvalue weighted by Gasteiger charge is 2.30. The number of aliphatic hydroxyl groups is 1. The van der Waals surface area contributed by atoms with E-state index in [0.29, 0.717) is 22.8 Å². The monoisotopic (exact) mass is 256 g/mol. The number of imidazole rings is 1. The van der Waals surface area contributed by atoms with E-state index in [4.69, 9.17) is 5.11 Å². The summed E-state index contributed by atoms with van der Waals surface area (Å²) in [6.45, 7) is 1.42. The number of aliphatic hydroxyl groups excluding tert-OH is 1. The van der Waals surface area contributed by atoms with Crippen molar-refractivity contribution in [3.63, 3.8) is 0 Å². The summed E-state index contributed by atoms with van der Waals surface area (Å²) in [5.41, 5.74) is 0.703. The largest absolute Gasteiger partial charge is 0.416 e. The lowest BCUT2D eigenvalue weighted by Crippen LogP contribution is -2.04. The number of hydrogen-bond donors (Lipinski definition) is 2. The number of benzene rings is 1. The molecule has 2 aromatic rings. The van der Waals surface area contributed by atoms with Gasteiger partial charge in [-0.25, -0.2) is 4.98 Å². The fraction of sp³-hybridized carbons (Fsp3) is 0.250. The van der Waals surface area contributed by atoms with Crippen LogP contribution in [0.2, 0.25) is 0 Å². The summed E-state index contributed by atoms with van der Waals surface area (Å²) in [7, 11) is 0. The van der Waals surface area contributed by atoms with Gasteiger partial charge in [0.1, 0.15) is 12.4 Å². The molecule has 1 aromatic heterocycles. The van der Waals surface area contributed by atoms with Crippen molar-refractivity contribution in [2.75, 3.05) is 0 Å². The van der Waals surface area contributed by atoms with E-state index in [-0.39, 0.29) is 6.61 Å². The van der Waals surface area contributed by atoms with Crippen molar-refractivity contribution >= 4 is 0 Å². The molecule has 3 nitrogen and oxygen atoms in total. The van der Waals surface area contributed by atoms with Crippen molar-refractivity contribution in [1.82, 2.24) is 9.97 Å². The van der Waals surface area contributed by atoms with Crippen LogP contribution >= 0.6 is 0 Å². The molecule has 2 rings (SSSR count). The van der Waals surface area contributed by atoms with Crippen LogP contribution in [0.25, 0.3) is 11.3 Å². The molecule has 0 aliphatic carbocycles. The minimum absolute atomic E-state index is 0.278. The predicted molar refractivity (Wildman–Crippen MR) is 59.7 cm³/mol. The van der Waals surface area contributed by atoms with E-state index < -0.39 is 11.7 Å². The lowest BCUT2D eigenvalue weighted by atomic mass is 10.1. The van der Waals surface area contributed by atoms with Gasteiger partial charge in [-0.05, 0) is 19.1 Å². The van der Waals surface area contributed by atoms with Crippen molar-refractivity contribution in [2.24, 2.45) is 0 Å². The van der Waals surface area contributed by atoms with Crippen LogP contribution in [-0.2, 0) is 12.8 Å². The van der Waals surface area contributed by atoms with Crippen molar-refractivity contribution in [2.45, 2.75) is 19.7 Å². The predicted octanol–water partition coefficient (Wildman–Crippen LogP) is 2.90.